The fourth-order valence-electron chi connectivity index (χ4n) is 3.18. The van der Waals surface area contributed by atoms with Gasteiger partial charge in [0.2, 0.25) is 11.2 Å². The van der Waals surface area contributed by atoms with E-state index in [1.807, 2.05) is 0 Å². The third-order valence-corrected chi connectivity index (χ3v) is 5.01. The zero-order valence-corrected chi connectivity index (χ0v) is 19.2. The van der Waals surface area contributed by atoms with Crippen LogP contribution in [0.25, 0.3) is 6.08 Å². The molecule has 0 heterocycles. The van der Waals surface area contributed by atoms with Crippen molar-refractivity contribution in [3.05, 3.63) is 77.3 Å². The number of aliphatic hydroxyl groups is 2. The summed E-state index contributed by atoms with van der Waals surface area (Å²) in [4.78, 5) is 23.3. The fraction of sp³-hybridized carbons (Fsp3) is 0.185. The van der Waals surface area contributed by atoms with Crippen LogP contribution in [-0.4, -0.2) is 59.4 Å². The summed E-state index contributed by atoms with van der Waals surface area (Å²) in [5, 5.41) is 31.6. The van der Waals surface area contributed by atoms with Crippen molar-refractivity contribution in [3.8, 4) is 35.2 Å². The molecule has 35 heavy (non-hydrogen) atoms. The number of phenols is 1. The summed E-state index contributed by atoms with van der Waals surface area (Å²) in [5.74, 6) is 10.2. The van der Waals surface area contributed by atoms with Gasteiger partial charge in [0.15, 0.2) is 11.6 Å². The number of ketones is 2. The third-order valence-electron chi connectivity index (χ3n) is 5.01. The summed E-state index contributed by atoms with van der Waals surface area (Å²) in [6, 6.07) is 4.41. The first kappa shape index (κ1) is 25.1. The molecule has 0 saturated heterocycles. The lowest BCUT2D eigenvalue weighted by Crippen LogP contribution is -2.31. The predicted molar refractivity (Wildman–Crippen MR) is 127 cm³/mol. The van der Waals surface area contributed by atoms with Crippen molar-refractivity contribution in [2.45, 2.75) is 11.2 Å². The number of carbonyl (C=O) groups excluding carboxylic acids is 2. The van der Waals surface area contributed by atoms with Crippen molar-refractivity contribution in [3.63, 3.8) is 0 Å². The summed E-state index contributed by atoms with van der Waals surface area (Å²) in [5.41, 5.74) is -3.17. The third kappa shape index (κ3) is 5.71. The highest BCUT2D eigenvalue weighted by molar-refractivity contribution is 6.02. The zero-order valence-electron chi connectivity index (χ0n) is 19.2. The second kappa shape index (κ2) is 10.2. The van der Waals surface area contributed by atoms with Crippen molar-refractivity contribution < 1.29 is 39.1 Å². The molecule has 1 aromatic rings. The molecule has 1 aromatic carbocycles. The Balaban J connectivity index is 2.13. The van der Waals surface area contributed by atoms with Crippen LogP contribution >= 0.6 is 0 Å². The van der Waals surface area contributed by atoms with Crippen molar-refractivity contribution >= 4 is 17.6 Å². The average molecular weight is 474 g/mol. The highest BCUT2D eigenvalue weighted by Gasteiger charge is 2.32. The van der Waals surface area contributed by atoms with E-state index in [-0.39, 0.29) is 34.4 Å². The van der Waals surface area contributed by atoms with Crippen LogP contribution < -0.4 is 4.74 Å². The van der Waals surface area contributed by atoms with E-state index in [2.05, 4.69) is 23.7 Å². The molecule has 0 aromatic heterocycles. The number of ether oxygens (including phenoxy) is 3. The summed E-state index contributed by atoms with van der Waals surface area (Å²) >= 11 is 0. The van der Waals surface area contributed by atoms with E-state index in [0.717, 1.165) is 24.3 Å². The second-order valence-corrected chi connectivity index (χ2v) is 7.41. The Morgan fingerprint density at radius 2 is 1.37 bits per heavy atom. The van der Waals surface area contributed by atoms with E-state index in [1.54, 1.807) is 6.07 Å². The van der Waals surface area contributed by atoms with Gasteiger partial charge in [0.25, 0.3) is 0 Å². The van der Waals surface area contributed by atoms with Crippen LogP contribution in [0.1, 0.15) is 5.56 Å². The molecule has 0 aliphatic heterocycles. The smallest absolute Gasteiger partial charge is 0.203 e. The Hall–Kier alpha value is -4.50. The van der Waals surface area contributed by atoms with Gasteiger partial charge in [0.05, 0.1) is 26.9 Å². The predicted octanol–water partition coefficient (Wildman–Crippen LogP) is 1.59. The molecule has 2 aliphatic carbocycles. The van der Waals surface area contributed by atoms with Crippen LogP contribution in [0.2, 0.25) is 0 Å². The highest BCUT2D eigenvalue weighted by Crippen LogP contribution is 2.27. The number of rotatable bonds is 4. The van der Waals surface area contributed by atoms with Crippen LogP contribution in [0.3, 0.4) is 0 Å². The molecule has 0 spiro atoms. The second-order valence-electron chi connectivity index (χ2n) is 7.41. The maximum atomic E-state index is 11.6. The Morgan fingerprint density at radius 1 is 0.857 bits per heavy atom. The van der Waals surface area contributed by atoms with Gasteiger partial charge in [-0.15, -0.1) is 0 Å². The first-order valence-electron chi connectivity index (χ1n) is 10.2. The molecule has 0 amide bonds. The number of hydrogen-bond acceptors (Lipinski definition) is 8. The molecular formula is C27H22O8. The van der Waals surface area contributed by atoms with Crippen molar-refractivity contribution in [1.29, 1.82) is 0 Å². The van der Waals surface area contributed by atoms with Gasteiger partial charge in [0, 0.05) is 23.8 Å². The van der Waals surface area contributed by atoms with Gasteiger partial charge in [-0.05, 0) is 54.4 Å². The number of aromatic hydroxyl groups is 1. The Bertz CT molecular complexity index is 1260. The standard InChI is InChI=1S/C27H22O8/c1-33-23-15-20(28)5-4-19(23)14-18(6-10-26(31)12-8-21(29)16-24(26)34-2)7-11-27(32)13-9-22(30)17-25(27)35-3/h4-5,8-9,12-17,28,31-32H,1-3H3. The van der Waals surface area contributed by atoms with Crippen molar-refractivity contribution in [2.24, 2.45) is 0 Å². The van der Waals surface area contributed by atoms with Gasteiger partial charge in [0.1, 0.15) is 23.0 Å². The molecule has 0 bridgehead atoms. The summed E-state index contributed by atoms with van der Waals surface area (Å²) in [7, 11) is 4.02. The lowest BCUT2D eigenvalue weighted by Gasteiger charge is -2.23. The number of methoxy groups -OCH3 is 3. The van der Waals surface area contributed by atoms with Gasteiger partial charge >= 0.3 is 0 Å². The van der Waals surface area contributed by atoms with Crippen LogP contribution in [-0.2, 0) is 19.1 Å². The van der Waals surface area contributed by atoms with Crippen LogP contribution in [0.15, 0.2) is 71.7 Å². The lowest BCUT2D eigenvalue weighted by atomic mass is 9.94. The molecule has 2 aliphatic rings. The van der Waals surface area contributed by atoms with Gasteiger partial charge in [-0.3, -0.25) is 9.59 Å². The maximum absolute atomic E-state index is 11.6. The topological polar surface area (TPSA) is 123 Å². The molecule has 2 unspecified atom stereocenters. The highest BCUT2D eigenvalue weighted by atomic mass is 16.5. The number of allylic oxidation sites excluding steroid dienone is 5. The molecular weight excluding hydrogens is 452 g/mol. The van der Waals surface area contributed by atoms with Gasteiger partial charge in [-0.2, -0.15) is 0 Å². The van der Waals surface area contributed by atoms with Gasteiger partial charge < -0.3 is 29.5 Å². The lowest BCUT2D eigenvalue weighted by molar-refractivity contribution is -0.111. The SMILES string of the molecule is COC1=CC(=O)C=CC1(O)C#CC(C#CC1(O)C=CC(=O)C=C1OC)=Cc1ccc(O)cc1OC. The number of benzene rings is 1. The number of hydrogen-bond donors (Lipinski definition) is 3. The van der Waals surface area contributed by atoms with Crippen LogP contribution in [0, 0.1) is 23.7 Å². The molecule has 0 radical (unpaired) electrons. The Labute approximate surface area is 202 Å². The fourth-order valence-corrected chi connectivity index (χ4v) is 3.18. The molecule has 2 atom stereocenters. The molecule has 3 rings (SSSR count). The first-order chi connectivity index (χ1) is 16.6. The first-order valence-corrected chi connectivity index (χ1v) is 10.2. The summed E-state index contributed by atoms with van der Waals surface area (Å²) < 4.78 is 15.5. The molecule has 0 saturated carbocycles. The molecule has 3 N–H and O–H groups in total. The average Bonchev–Trinajstić information content (AvgIpc) is 2.85. The molecule has 0 fully saturated rings. The molecule has 178 valence electrons. The monoisotopic (exact) mass is 474 g/mol. The zero-order chi connectivity index (χ0) is 25.6. The van der Waals surface area contributed by atoms with E-state index in [0.29, 0.717) is 11.3 Å². The van der Waals surface area contributed by atoms with Gasteiger partial charge in [-0.1, -0.05) is 11.8 Å². The largest absolute Gasteiger partial charge is 0.508 e. The normalized spacial score (nSPS) is 22.5. The minimum Gasteiger partial charge on any atom is -0.508 e. The number of carbonyl (C=O) groups is 2. The number of phenolic OH excluding ortho intramolecular Hbond substituents is 1. The van der Waals surface area contributed by atoms with Crippen molar-refractivity contribution in [1.82, 2.24) is 0 Å². The quantitative estimate of drug-likeness (QED) is 0.563. The Kier molecular flexibility index (Phi) is 7.31. The summed E-state index contributed by atoms with van der Waals surface area (Å²) in [6.07, 6.45) is 8.48. The Morgan fingerprint density at radius 3 is 1.83 bits per heavy atom. The molecule has 8 heteroatoms. The van der Waals surface area contributed by atoms with Crippen LogP contribution in [0.4, 0.5) is 0 Å². The van der Waals surface area contributed by atoms with E-state index in [9.17, 15) is 24.9 Å². The molecule has 8 nitrogen and oxygen atoms in total. The minimum atomic E-state index is -1.89. The van der Waals surface area contributed by atoms with Crippen LogP contribution in [0.5, 0.6) is 11.5 Å². The van der Waals surface area contributed by atoms with E-state index >= 15 is 0 Å². The van der Waals surface area contributed by atoms with Gasteiger partial charge in [-0.25, -0.2) is 0 Å². The van der Waals surface area contributed by atoms with E-state index in [1.165, 1.54) is 51.7 Å². The van der Waals surface area contributed by atoms with E-state index in [4.69, 9.17) is 14.2 Å². The van der Waals surface area contributed by atoms with Crippen molar-refractivity contribution in [2.75, 3.05) is 21.3 Å². The maximum Gasteiger partial charge on any atom is 0.203 e. The minimum absolute atomic E-state index is 0.0138. The van der Waals surface area contributed by atoms with E-state index < -0.39 is 11.2 Å². The summed E-state index contributed by atoms with van der Waals surface area (Å²) in [6.45, 7) is 0.